The number of hydrogen-bond acceptors (Lipinski definition) is 6. The van der Waals surface area contributed by atoms with Gasteiger partial charge in [0.15, 0.2) is 11.4 Å². The van der Waals surface area contributed by atoms with Crippen LogP contribution in [0, 0.1) is 17.0 Å². The second-order valence-corrected chi connectivity index (χ2v) is 6.83. The van der Waals surface area contributed by atoms with Crippen LogP contribution in [0.15, 0.2) is 74.9 Å². The molecule has 9 nitrogen and oxygen atoms in total. The van der Waals surface area contributed by atoms with Crippen LogP contribution >= 0.6 is 0 Å². The van der Waals surface area contributed by atoms with Gasteiger partial charge in [0, 0.05) is 18.7 Å². The van der Waals surface area contributed by atoms with E-state index in [1.807, 2.05) is 30.3 Å². The van der Waals surface area contributed by atoms with Crippen LogP contribution in [-0.4, -0.2) is 25.6 Å². The molecule has 0 aliphatic heterocycles. The molecule has 0 radical (unpaired) electrons. The molecular formula is C22H18N4O5. The molecule has 2 aromatic carbocycles. The number of phenols is 1. The third kappa shape index (κ3) is 3.64. The van der Waals surface area contributed by atoms with Crippen molar-refractivity contribution in [2.24, 2.45) is 12.0 Å². The molecule has 0 aliphatic carbocycles. The summed E-state index contributed by atoms with van der Waals surface area (Å²) in [6, 6.07) is 16.5. The normalized spacial score (nSPS) is 11.3. The Labute approximate surface area is 176 Å². The molecule has 4 rings (SSSR count). The summed E-state index contributed by atoms with van der Waals surface area (Å²) in [5, 5.41) is 20.6. The van der Waals surface area contributed by atoms with Crippen molar-refractivity contribution in [3.8, 4) is 22.8 Å². The number of aliphatic imine (C=N–C) groups is 1. The van der Waals surface area contributed by atoms with Gasteiger partial charge in [-0.2, -0.15) is 0 Å². The van der Waals surface area contributed by atoms with Gasteiger partial charge < -0.3 is 9.52 Å². The van der Waals surface area contributed by atoms with Crippen molar-refractivity contribution >= 4 is 17.6 Å². The number of para-hydroxylation sites is 1. The fourth-order valence-electron chi connectivity index (χ4n) is 3.23. The van der Waals surface area contributed by atoms with E-state index in [9.17, 15) is 20.0 Å². The lowest BCUT2D eigenvalue weighted by atomic mass is 10.1. The van der Waals surface area contributed by atoms with E-state index in [-0.39, 0.29) is 11.2 Å². The fraction of sp³-hybridized carbons (Fsp3) is 0.0909. The summed E-state index contributed by atoms with van der Waals surface area (Å²) in [6.07, 6.45) is 1.43. The molecule has 31 heavy (non-hydrogen) atoms. The van der Waals surface area contributed by atoms with Crippen LogP contribution in [0.4, 0.5) is 11.4 Å². The molecule has 0 saturated carbocycles. The molecule has 0 amide bonds. The summed E-state index contributed by atoms with van der Waals surface area (Å²) in [5.41, 5.74) is 1.46. The first-order valence-electron chi connectivity index (χ1n) is 9.32. The first-order valence-corrected chi connectivity index (χ1v) is 9.32. The Hall–Kier alpha value is -4.40. The maximum absolute atomic E-state index is 12.9. The van der Waals surface area contributed by atoms with E-state index in [4.69, 9.17) is 4.42 Å². The monoisotopic (exact) mass is 418 g/mol. The third-order valence-corrected chi connectivity index (χ3v) is 4.93. The maximum Gasteiger partial charge on any atom is 0.311 e. The molecule has 0 spiro atoms. The van der Waals surface area contributed by atoms with Gasteiger partial charge in [-0.15, -0.1) is 0 Å². The highest BCUT2D eigenvalue weighted by Crippen LogP contribution is 2.32. The number of phenolic OH excluding ortho intramolecular Hbond substituents is 1. The van der Waals surface area contributed by atoms with Gasteiger partial charge in [-0.3, -0.25) is 19.6 Å². The van der Waals surface area contributed by atoms with E-state index in [1.54, 1.807) is 30.8 Å². The van der Waals surface area contributed by atoms with E-state index < -0.39 is 16.4 Å². The van der Waals surface area contributed by atoms with Gasteiger partial charge in [-0.1, -0.05) is 18.2 Å². The zero-order valence-electron chi connectivity index (χ0n) is 16.7. The molecule has 0 atom stereocenters. The second kappa shape index (κ2) is 7.79. The van der Waals surface area contributed by atoms with Crippen LogP contribution in [0.5, 0.6) is 5.75 Å². The number of aromatic nitrogens is 2. The molecule has 0 bridgehead atoms. The van der Waals surface area contributed by atoms with Gasteiger partial charge in [0.1, 0.15) is 11.5 Å². The van der Waals surface area contributed by atoms with Gasteiger partial charge >= 0.3 is 5.69 Å². The standard InChI is InChI=1S/C22H18N4O5/c1-14-21(22(28)25(24(14)2)16-6-4-3-5-7-16)23-13-17-9-11-20(31-17)15-8-10-19(27)18(12-15)26(29)30/h3-13,27H,1-2H3. The lowest BCUT2D eigenvalue weighted by Crippen LogP contribution is -2.19. The van der Waals surface area contributed by atoms with Crippen molar-refractivity contribution in [1.29, 1.82) is 0 Å². The molecule has 0 unspecified atom stereocenters. The highest BCUT2D eigenvalue weighted by atomic mass is 16.6. The number of nitro groups is 1. The summed E-state index contributed by atoms with van der Waals surface area (Å²) in [4.78, 5) is 27.6. The average molecular weight is 418 g/mol. The lowest BCUT2D eigenvalue weighted by molar-refractivity contribution is -0.385. The molecule has 0 fully saturated rings. The molecule has 0 aliphatic rings. The fourth-order valence-corrected chi connectivity index (χ4v) is 3.23. The van der Waals surface area contributed by atoms with Crippen LogP contribution in [0.25, 0.3) is 17.0 Å². The van der Waals surface area contributed by atoms with Crippen LogP contribution in [0.2, 0.25) is 0 Å². The summed E-state index contributed by atoms with van der Waals surface area (Å²) < 4.78 is 8.96. The third-order valence-electron chi connectivity index (χ3n) is 4.93. The Morgan fingerprint density at radius 3 is 2.58 bits per heavy atom. The minimum atomic E-state index is -0.667. The van der Waals surface area contributed by atoms with Crippen molar-refractivity contribution in [3.63, 3.8) is 0 Å². The van der Waals surface area contributed by atoms with E-state index in [0.29, 0.717) is 22.8 Å². The molecule has 2 heterocycles. The van der Waals surface area contributed by atoms with E-state index in [2.05, 4.69) is 4.99 Å². The smallest absolute Gasteiger partial charge is 0.311 e. The molecule has 2 aromatic heterocycles. The van der Waals surface area contributed by atoms with Crippen molar-refractivity contribution in [3.05, 3.63) is 92.6 Å². The summed E-state index contributed by atoms with van der Waals surface area (Å²) in [6.45, 7) is 1.80. The predicted octanol–water partition coefficient (Wildman–Crippen LogP) is 4.11. The zero-order valence-corrected chi connectivity index (χ0v) is 16.7. The Morgan fingerprint density at radius 1 is 1.13 bits per heavy atom. The first-order chi connectivity index (χ1) is 14.9. The van der Waals surface area contributed by atoms with Gasteiger partial charge in [0.2, 0.25) is 0 Å². The van der Waals surface area contributed by atoms with Gasteiger partial charge in [0.25, 0.3) is 5.56 Å². The van der Waals surface area contributed by atoms with E-state index >= 15 is 0 Å². The Balaban J connectivity index is 1.66. The largest absolute Gasteiger partial charge is 0.502 e. The van der Waals surface area contributed by atoms with Crippen LogP contribution in [0.1, 0.15) is 11.5 Å². The number of rotatable bonds is 5. The number of aromatic hydroxyl groups is 1. The Kier molecular flexibility index (Phi) is 5.00. The summed E-state index contributed by atoms with van der Waals surface area (Å²) in [5.74, 6) is 0.326. The van der Waals surface area contributed by atoms with Gasteiger partial charge in [-0.25, -0.2) is 9.67 Å². The van der Waals surface area contributed by atoms with Crippen molar-refractivity contribution in [2.75, 3.05) is 0 Å². The summed E-state index contributed by atoms with van der Waals surface area (Å²) in [7, 11) is 1.78. The number of nitro benzene ring substituents is 1. The number of furan rings is 1. The summed E-state index contributed by atoms with van der Waals surface area (Å²) >= 11 is 0. The van der Waals surface area contributed by atoms with Crippen LogP contribution in [-0.2, 0) is 7.05 Å². The van der Waals surface area contributed by atoms with Crippen LogP contribution in [0.3, 0.4) is 0 Å². The molecule has 156 valence electrons. The molecule has 0 saturated heterocycles. The molecular weight excluding hydrogens is 400 g/mol. The second-order valence-electron chi connectivity index (χ2n) is 6.83. The number of hydrogen-bond donors (Lipinski definition) is 1. The van der Waals surface area contributed by atoms with Gasteiger partial charge in [-0.05, 0) is 43.3 Å². The maximum atomic E-state index is 12.9. The quantitative estimate of drug-likeness (QED) is 0.297. The topological polar surface area (TPSA) is 116 Å². The Morgan fingerprint density at radius 2 is 1.87 bits per heavy atom. The minimum absolute atomic E-state index is 0.261. The molecule has 1 N–H and O–H groups in total. The SMILES string of the molecule is Cc1c(N=Cc2ccc(-c3ccc(O)c([N+](=O)[O-])c3)o2)c(=O)n(-c2ccccc2)n1C. The predicted molar refractivity (Wildman–Crippen MR) is 115 cm³/mol. The highest BCUT2D eigenvalue weighted by Gasteiger charge is 2.17. The van der Waals surface area contributed by atoms with Crippen molar-refractivity contribution < 1.29 is 14.4 Å². The van der Waals surface area contributed by atoms with E-state index in [0.717, 1.165) is 5.69 Å². The lowest BCUT2D eigenvalue weighted by Gasteiger charge is -2.07. The number of nitrogens with zero attached hydrogens (tertiary/aromatic N) is 4. The van der Waals surface area contributed by atoms with Crippen molar-refractivity contribution in [2.45, 2.75) is 6.92 Å². The minimum Gasteiger partial charge on any atom is -0.502 e. The van der Waals surface area contributed by atoms with Crippen LogP contribution < -0.4 is 5.56 Å². The Bertz CT molecular complexity index is 1360. The number of benzene rings is 2. The first kappa shape index (κ1) is 19.9. The van der Waals surface area contributed by atoms with Gasteiger partial charge in [0.05, 0.1) is 22.5 Å². The van der Waals surface area contributed by atoms with E-state index in [1.165, 1.54) is 29.1 Å². The highest BCUT2D eigenvalue weighted by molar-refractivity contribution is 5.80. The molecule has 4 aromatic rings. The average Bonchev–Trinajstić information content (AvgIpc) is 3.31. The zero-order chi connectivity index (χ0) is 22.1. The molecule has 9 heteroatoms. The van der Waals surface area contributed by atoms with Crippen molar-refractivity contribution in [1.82, 2.24) is 9.36 Å².